The lowest BCUT2D eigenvalue weighted by Crippen LogP contribution is -2.22. The molecule has 0 spiro atoms. The van der Waals surface area contributed by atoms with Crippen molar-refractivity contribution in [3.05, 3.63) is 36.4 Å². The van der Waals surface area contributed by atoms with Crippen molar-refractivity contribution in [2.45, 2.75) is 11.1 Å². The maximum atomic E-state index is 12.8. The van der Waals surface area contributed by atoms with Gasteiger partial charge in [0.25, 0.3) is 0 Å². The molecule has 0 saturated heterocycles. The molecule has 0 aliphatic heterocycles. The topological polar surface area (TPSA) is 106 Å². The number of rotatable bonds is 8. The fraction of sp³-hybridized carbons (Fsp3) is 0.316. The molecule has 0 bridgehead atoms. The molecule has 0 aliphatic rings. The molecule has 0 amide bonds. The van der Waals surface area contributed by atoms with Crippen LogP contribution in [-0.2, 0) is 14.6 Å². The SMILES string of the molecule is COCCNc1nc(NCC(F)(F)F)c2nc(-c3cccc(S(C)(=O)=O)c3)ccc2n1. The predicted octanol–water partition coefficient (Wildman–Crippen LogP) is 3.13. The van der Waals surface area contributed by atoms with Crippen LogP contribution in [0.4, 0.5) is 24.9 Å². The summed E-state index contributed by atoms with van der Waals surface area (Å²) in [6.07, 6.45) is -3.37. The van der Waals surface area contributed by atoms with Gasteiger partial charge in [-0.3, -0.25) is 0 Å². The highest BCUT2D eigenvalue weighted by molar-refractivity contribution is 7.90. The highest BCUT2D eigenvalue weighted by Crippen LogP contribution is 2.27. The Morgan fingerprint density at radius 1 is 1.06 bits per heavy atom. The van der Waals surface area contributed by atoms with E-state index in [0.717, 1.165) is 6.26 Å². The molecule has 2 aromatic heterocycles. The van der Waals surface area contributed by atoms with Gasteiger partial charge in [0.1, 0.15) is 12.1 Å². The number of nitrogens with one attached hydrogen (secondary N) is 2. The molecule has 0 radical (unpaired) electrons. The Bertz CT molecular complexity index is 1190. The maximum Gasteiger partial charge on any atom is 0.405 e. The third-order valence-electron chi connectivity index (χ3n) is 4.15. The van der Waals surface area contributed by atoms with Crippen LogP contribution in [0.2, 0.25) is 0 Å². The number of pyridine rings is 1. The van der Waals surface area contributed by atoms with Crippen LogP contribution in [-0.4, -0.2) is 62.6 Å². The van der Waals surface area contributed by atoms with Gasteiger partial charge in [-0.1, -0.05) is 12.1 Å². The first kappa shape index (κ1) is 22.7. The van der Waals surface area contributed by atoms with Gasteiger partial charge < -0.3 is 15.4 Å². The summed E-state index contributed by atoms with van der Waals surface area (Å²) in [4.78, 5) is 12.9. The predicted molar refractivity (Wildman–Crippen MR) is 111 cm³/mol. The minimum atomic E-state index is -4.46. The lowest BCUT2D eigenvalue weighted by molar-refractivity contribution is -0.115. The van der Waals surface area contributed by atoms with Crippen LogP contribution >= 0.6 is 0 Å². The van der Waals surface area contributed by atoms with E-state index in [2.05, 4.69) is 25.6 Å². The second-order valence-electron chi connectivity index (χ2n) is 6.65. The lowest BCUT2D eigenvalue weighted by Gasteiger charge is -2.13. The fourth-order valence-electron chi connectivity index (χ4n) is 2.71. The van der Waals surface area contributed by atoms with Gasteiger partial charge >= 0.3 is 6.18 Å². The van der Waals surface area contributed by atoms with Crippen LogP contribution in [0.3, 0.4) is 0 Å². The van der Waals surface area contributed by atoms with E-state index in [0.29, 0.717) is 29.9 Å². The molecule has 2 heterocycles. The van der Waals surface area contributed by atoms with Gasteiger partial charge in [-0.05, 0) is 24.3 Å². The summed E-state index contributed by atoms with van der Waals surface area (Å²) < 4.78 is 66.9. The molecule has 8 nitrogen and oxygen atoms in total. The van der Waals surface area contributed by atoms with Crippen LogP contribution in [0.1, 0.15) is 0 Å². The summed E-state index contributed by atoms with van der Waals surface area (Å²) in [5.74, 6) is 0.0335. The first-order valence-corrected chi connectivity index (χ1v) is 11.0. The normalized spacial score (nSPS) is 12.2. The van der Waals surface area contributed by atoms with Gasteiger partial charge in [0.05, 0.1) is 22.7 Å². The van der Waals surface area contributed by atoms with Crippen LogP contribution in [0.5, 0.6) is 0 Å². The number of methoxy groups -OCH3 is 1. The summed E-state index contributed by atoms with van der Waals surface area (Å²) >= 11 is 0. The molecule has 0 atom stereocenters. The van der Waals surface area contributed by atoms with Gasteiger partial charge in [0, 0.05) is 25.5 Å². The van der Waals surface area contributed by atoms with Crippen LogP contribution in [0, 0.1) is 0 Å². The first-order valence-electron chi connectivity index (χ1n) is 9.09. The van der Waals surface area contributed by atoms with Crippen molar-refractivity contribution in [3.63, 3.8) is 0 Å². The summed E-state index contributed by atoms with van der Waals surface area (Å²) in [5, 5.41) is 5.15. The molecule has 3 aromatic rings. The number of anilines is 2. The third-order valence-corrected chi connectivity index (χ3v) is 5.26. The Morgan fingerprint density at radius 2 is 1.84 bits per heavy atom. The molecule has 166 valence electrons. The smallest absolute Gasteiger partial charge is 0.383 e. The average molecular weight is 455 g/mol. The number of nitrogens with zero attached hydrogens (tertiary/aromatic N) is 3. The van der Waals surface area contributed by atoms with Crippen molar-refractivity contribution < 1.29 is 26.3 Å². The zero-order valence-electron chi connectivity index (χ0n) is 16.7. The number of sulfone groups is 1. The Morgan fingerprint density at radius 3 is 2.52 bits per heavy atom. The molecule has 0 unspecified atom stereocenters. The highest BCUT2D eigenvalue weighted by Gasteiger charge is 2.27. The van der Waals surface area contributed by atoms with E-state index < -0.39 is 22.6 Å². The Labute approximate surface area is 176 Å². The van der Waals surface area contributed by atoms with Gasteiger partial charge in [-0.25, -0.2) is 18.4 Å². The van der Waals surface area contributed by atoms with E-state index in [1.165, 1.54) is 19.2 Å². The van der Waals surface area contributed by atoms with Gasteiger partial charge in [0.2, 0.25) is 5.95 Å². The van der Waals surface area contributed by atoms with Crippen molar-refractivity contribution in [2.75, 3.05) is 43.7 Å². The van der Waals surface area contributed by atoms with E-state index in [4.69, 9.17) is 4.74 Å². The summed E-state index contributed by atoms with van der Waals surface area (Å²) in [7, 11) is -1.92. The van der Waals surface area contributed by atoms with Crippen LogP contribution in [0.25, 0.3) is 22.3 Å². The lowest BCUT2D eigenvalue weighted by atomic mass is 10.1. The Balaban J connectivity index is 2.06. The number of aromatic nitrogens is 3. The summed E-state index contributed by atoms with van der Waals surface area (Å²) in [6.45, 7) is -0.572. The zero-order chi connectivity index (χ0) is 22.6. The standard InChI is InChI=1S/C19H20F3N5O3S/c1-30-9-8-23-18-26-15-7-6-14(12-4-3-5-13(10-12)31(2,28)29)25-16(15)17(27-18)24-11-19(20,21)22/h3-7,10H,8-9,11H2,1-2H3,(H2,23,24,26,27). The number of alkyl halides is 3. The van der Waals surface area contributed by atoms with Crippen molar-refractivity contribution in [3.8, 4) is 11.3 Å². The minimum absolute atomic E-state index is 0.0941. The molecule has 0 fully saturated rings. The number of fused-ring (bicyclic) bond motifs is 1. The maximum absolute atomic E-state index is 12.8. The molecule has 2 N–H and O–H groups in total. The Kier molecular flexibility index (Phi) is 6.60. The number of halogens is 3. The summed E-state index contributed by atoms with van der Waals surface area (Å²) in [5.41, 5.74) is 1.32. The van der Waals surface area contributed by atoms with Crippen LogP contribution < -0.4 is 10.6 Å². The van der Waals surface area contributed by atoms with Crippen molar-refractivity contribution in [1.82, 2.24) is 15.0 Å². The molecule has 0 aliphatic carbocycles. The van der Waals surface area contributed by atoms with E-state index >= 15 is 0 Å². The second-order valence-corrected chi connectivity index (χ2v) is 8.66. The number of benzene rings is 1. The largest absolute Gasteiger partial charge is 0.405 e. The van der Waals surface area contributed by atoms with E-state index in [9.17, 15) is 21.6 Å². The number of hydrogen-bond acceptors (Lipinski definition) is 8. The second kappa shape index (κ2) is 9.02. The van der Waals surface area contributed by atoms with Crippen molar-refractivity contribution in [2.24, 2.45) is 0 Å². The third kappa shape index (κ3) is 6.01. The molecule has 0 saturated carbocycles. The van der Waals surface area contributed by atoms with E-state index in [1.807, 2.05) is 0 Å². The number of ether oxygens (including phenoxy) is 1. The molecular weight excluding hydrogens is 435 g/mol. The average Bonchev–Trinajstić information content (AvgIpc) is 2.71. The van der Waals surface area contributed by atoms with Crippen LogP contribution in [0.15, 0.2) is 41.3 Å². The monoisotopic (exact) mass is 455 g/mol. The van der Waals surface area contributed by atoms with Crippen molar-refractivity contribution >= 4 is 32.6 Å². The molecule has 31 heavy (non-hydrogen) atoms. The van der Waals surface area contributed by atoms with E-state index in [-0.39, 0.29) is 22.2 Å². The highest BCUT2D eigenvalue weighted by atomic mass is 32.2. The molecule has 3 rings (SSSR count). The molecule has 12 heteroatoms. The quantitative estimate of drug-likeness (QED) is 0.499. The molecular formula is C19H20F3N5O3S. The zero-order valence-corrected chi connectivity index (χ0v) is 17.5. The Hall–Kier alpha value is -2.99. The number of hydrogen-bond donors (Lipinski definition) is 2. The van der Waals surface area contributed by atoms with Crippen molar-refractivity contribution in [1.29, 1.82) is 0 Å². The van der Waals surface area contributed by atoms with E-state index in [1.54, 1.807) is 24.3 Å². The fourth-order valence-corrected chi connectivity index (χ4v) is 3.38. The van der Waals surface area contributed by atoms with Gasteiger partial charge in [-0.2, -0.15) is 18.2 Å². The summed E-state index contributed by atoms with van der Waals surface area (Å²) in [6, 6.07) is 9.34. The van der Waals surface area contributed by atoms with Gasteiger partial charge in [-0.15, -0.1) is 0 Å². The first-order chi connectivity index (χ1) is 14.6. The minimum Gasteiger partial charge on any atom is -0.383 e. The van der Waals surface area contributed by atoms with Gasteiger partial charge in [0.15, 0.2) is 15.7 Å². The molecule has 1 aromatic carbocycles.